The molecule has 1 aromatic heterocycles. The maximum absolute atomic E-state index is 6.21. The summed E-state index contributed by atoms with van der Waals surface area (Å²) in [6.07, 6.45) is 6.07. The maximum atomic E-state index is 6.21. The van der Waals surface area contributed by atoms with Gasteiger partial charge in [-0.3, -0.25) is 0 Å². The summed E-state index contributed by atoms with van der Waals surface area (Å²) in [5.74, 6) is 1.04. The second-order valence-electron chi connectivity index (χ2n) is 5.07. The number of rotatable bonds is 7. The first-order valence-corrected chi connectivity index (χ1v) is 8.53. The Labute approximate surface area is 139 Å². The quantitative estimate of drug-likeness (QED) is 0.759. The fraction of sp³-hybridized carbons (Fsp3) is 0.438. The number of hydrogen-bond donors (Lipinski definition) is 1. The summed E-state index contributed by atoms with van der Waals surface area (Å²) in [5, 5.41) is 4.31. The Hall–Kier alpha value is -0.840. The summed E-state index contributed by atoms with van der Waals surface area (Å²) in [4.78, 5) is 4.57. The SMILES string of the molecule is CCCNC(c1cc(Cl)cc(Br)c1)c1nccn1CCC. The molecule has 0 amide bonds. The molecule has 1 unspecified atom stereocenters. The molecule has 0 aliphatic rings. The Morgan fingerprint density at radius 3 is 2.76 bits per heavy atom. The van der Waals surface area contributed by atoms with E-state index in [2.05, 4.69) is 50.7 Å². The summed E-state index contributed by atoms with van der Waals surface area (Å²) < 4.78 is 3.20. The average Bonchev–Trinajstić information content (AvgIpc) is 2.87. The molecule has 0 aliphatic carbocycles. The van der Waals surface area contributed by atoms with Crippen LogP contribution in [-0.2, 0) is 6.54 Å². The molecule has 0 saturated heterocycles. The zero-order chi connectivity index (χ0) is 15.2. The largest absolute Gasteiger partial charge is 0.333 e. The zero-order valence-corrected chi connectivity index (χ0v) is 14.8. The molecule has 1 heterocycles. The average molecular weight is 371 g/mol. The molecular formula is C16H21BrClN3. The van der Waals surface area contributed by atoms with Crippen molar-refractivity contribution in [2.75, 3.05) is 6.54 Å². The lowest BCUT2D eigenvalue weighted by Crippen LogP contribution is -2.26. The van der Waals surface area contributed by atoms with Gasteiger partial charge in [0.05, 0.1) is 6.04 Å². The lowest BCUT2D eigenvalue weighted by atomic mass is 10.1. The summed E-state index contributed by atoms with van der Waals surface area (Å²) in [6, 6.07) is 6.07. The van der Waals surface area contributed by atoms with Crippen LogP contribution >= 0.6 is 27.5 Å². The Bertz CT molecular complexity index is 562. The normalized spacial score (nSPS) is 12.6. The highest BCUT2D eigenvalue weighted by Gasteiger charge is 2.19. The molecule has 0 aliphatic heterocycles. The summed E-state index contributed by atoms with van der Waals surface area (Å²) in [7, 11) is 0. The van der Waals surface area contributed by atoms with Gasteiger partial charge < -0.3 is 9.88 Å². The number of halogens is 2. The summed E-state index contributed by atoms with van der Waals surface area (Å²) >= 11 is 9.73. The number of aromatic nitrogens is 2. The summed E-state index contributed by atoms with van der Waals surface area (Å²) in [5.41, 5.74) is 1.13. The molecule has 114 valence electrons. The second-order valence-corrected chi connectivity index (χ2v) is 6.42. The van der Waals surface area contributed by atoms with Crippen molar-refractivity contribution in [2.45, 2.75) is 39.3 Å². The predicted octanol–water partition coefficient (Wildman–Crippen LogP) is 4.80. The van der Waals surface area contributed by atoms with Crippen molar-refractivity contribution in [1.29, 1.82) is 0 Å². The van der Waals surface area contributed by atoms with E-state index in [0.717, 1.165) is 46.8 Å². The van der Waals surface area contributed by atoms with Crippen LogP contribution in [0.3, 0.4) is 0 Å². The Morgan fingerprint density at radius 2 is 2.10 bits per heavy atom. The van der Waals surface area contributed by atoms with Crippen molar-refractivity contribution in [1.82, 2.24) is 14.9 Å². The molecule has 0 saturated carbocycles. The fourth-order valence-corrected chi connectivity index (χ4v) is 3.29. The minimum atomic E-state index is 0.0569. The zero-order valence-electron chi connectivity index (χ0n) is 12.4. The minimum Gasteiger partial charge on any atom is -0.333 e. The molecule has 0 bridgehead atoms. The van der Waals surface area contributed by atoms with E-state index in [4.69, 9.17) is 11.6 Å². The van der Waals surface area contributed by atoms with Crippen LogP contribution in [0.2, 0.25) is 5.02 Å². The van der Waals surface area contributed by atoms with E-state index in [1.165, 1.54) is 0 Å². The van der Waals surface area contributed by atoms with Crippen LogP contribution in [0.25, 0.3) is 0 Å². The lowest BCUT2D eigenvalue weighted by molar-refractivity contribution is 0.530. The van der Waals surface area contributed by atoms with E-state index < -0.39 is 0 Å². The van der Waals surface area contributed by atoms with E-state index in [0.29, 0.717) is 0 Å². The van der Waals surface area contributed by atoms with Crippen LogP contribution in [0, 0.1) is 0 Å². The summed E-state index contributed by atoms with van der Waals surface area (Å²) in [6.45, 7) is 6.25. The van der Waals surface area contributed by atoms with Crippen molar-refractivity contribution >= 4 is 27.5 Å². The highest BCUT2D eigenvalue weighted by molar-refractivity contribution is 9.10. The topological polar surface area (TPSA) is 29.9 Å². The van der Waals surface area contributed by atoms with Gasteiger partial charge >= 0.3 is 0 Å². The third-order valence-electron chi connectivity index (χ3n) is 3.29. The molecule has 5 heteroatoms. The first kappa shape index (κ1) is 16.5. The van der Waals surface area contributed by atoms with Crippen LogP contribution in [0.15, 0.2) is 35.1 Å². The number of nitrogens with zero attached hydrogens (tertiary/aromatic N) is 2. The molecule has 0 spiro atoms. The van der Waals surface area contributed by atoms with E-state index in [9.17, 15) is 0 Å². The smallest absolute Gasteiger partial charge is 0.130 e. The monoisotopic (exact) mass is 369 g/mol. The van der Waals surface area contributed by atoms with Crippen LogP contribution in [0.5, 0.6) is 0 Å². The molecule has 0 radical (unpaired) electrons. The molecule has 1 N–H and O–H groups in total. The molecule has 0 fully saturated rings. The van der Waals surface area contributed by atoms with Crippen molar-refractivity contribution < 1.29 is 0 Å². The molecule has 1 aromatic carbocycles. The maximum Gasteiger partial charge on any atom is 0.130 e. The van der Waals surface area contributed by atoms with Crippen molar-refractivity contribution in [2.24, 2.45) is 0 Å². The first-order chi connectivity index (χ1) is 10.2. The van der Waals surface area contributed by atoms with Gasteiger partial charge in [0.25, 0.3) is 0 Å². The van der Waals surface area contributed by atoms with Gasteiger partial charge in [-0.1, -0.05) is 41.4 Å². The minimum absolute atomic E-state index is 0.0569. The highest BCUT2D eigenvalue weighted by Crippen LogP contribution is 2.27. The van der Waals surface area contributed by atoms with Gasteiger partial charge in [0.1, 0.15) is 5.82 Å². The molecule has 2 aromatic rings. The van der Waals surface area contributed by atoms with Gasteiger partial charge in [0.2, 0.25) is 0 Å². The second kappa shape index (κ2) is 7.97. The van der Waals surface area contributed by atoms with Crippen molar-refractivity contribution in [3.8, 4) is 0 Å². The Morgan fingerprint density at radius 1 is 1.29 bits per heavy atom. The van der Waals surface area contributed by atoms with E-state index >= 15 is 0 Å². The Balaban J connectivity index is 2.39. The van der Waals surface area contributed by atoms with Gasteiger partial charge in [-0.05, 0) is 43.1 Å². The highest BCUT2D eigenvalue weighted by atomic mass is 79.9. The number of imidazole rings is 1. The third-order valence-corrected chi connectivity index (χ3v) is 3.96. The van der Waals surface area contributed by atoms with Gasteiger partial charge in [-0.15, -0.1) is 0 Å². The molecular weight excluding hydrogens is 350 g/mol. The van der Waals surface area contributed by atoms with Crippen LogP contribution in [-0.4, -0.2) is 16.1 Å². The lowest BCUT2D eigenvalue weighted by Gasteiger charge is -2.20. The molecule has 21 heavy (non-hydrogen) atoms. The van der Waals surface area contributed by atoms with Crippen LogP contribution < -0.4 is 5.32 Å². The molecule has 1 atom stereocenters. The van der Waals surface area contributed by atoms with Crippen molar-refractivity contribution in [3.63, 3.8) is 0 Å². The Kier molecular flexibility index (Phi) is 6.27. The van der Waals surface area contributed by atoms with Crippen LogP contribution in [0.4, 0.5) is 0 Å². The fourth-order valence-electron chi connectivity index (χ4n) is 2.40. The van der Waals surface area contributed by atoms with Gasteiger partial charge in [-0.25, -0.2) is 4.98 Å². The molecule has 3 nitrogen and oxygen atoms in total. The number of benzene rings is 1. The first-order valence-electron chi connectivity index (χ1n) is 7.36. The van der Waals surface area contributed by atoms with Crippen LogP contribution in [0.1, 0.15) is 44.1 Å². The van der Waals surface area contributed by atoms with Gasteiger partial charge in [-0.2, -0.15) is 0 Å². The number of aryl methyl sites for hydroxylation is 1. The third kappa shape index (κ3) is 4.31. The molecule has 2 rings (SSSR count). The van der Waals surface area contributed by atoms with E-state index in [1.54, 1.807) is 0 Å². The standard InChI is InChI=1S/C16H21BrClN3/c1-3-5-19-15(12-9-13(17)11-14(18)10-12)16-20-6-8-21(16)7-4-2/h6,8-11,15,19H,3-5,7H2,1-2H3. The van der Waals surface area contributed by atoms with Gasteiger partial charge in [0, 0.05) is 28.4 Å². The van der Waals surface area contributed by atoms with Gasteiger partial charge in [0.15, 0.2) is 0 Å². The van der Waals surface area contributed by atoms with E-state index in [1.807, 2.05) is 24.5 Å². The van der Waals surface area contributed by atoms with Crippen molar-refractivity contribution in [3.05, 3.63) is 51.5 Å². The predicted molar refractivity (Wildman–Crippen MR) is 91.8 cm³/mol. The number of hydrogen-bond acceptors (Lipinski definition) is 2. The van der Waals surface area contributed by atoms with E-state index in [-0.39, 0.29) is 6.04 Å². The number of nitrogens with one attached hydrogen (secondary N) is 1.